The van der Waals surface area contributed by atoms with Crippen molar-refractivity contribution in [1.29, 1.82) is 0 Å². The zero-order valence-electron chi connectivity index (χ0n) is 16.4. The Hall–Kier alpha value is -2.61. The molecule has 0 radical (unpaired) electrons. The van der Waals surface area contributed by atoms with E-state index in [1.807, 2.05) is 15.5 Å². The summed E-state index contributed by atoms with van der Waals surface area (Å²) in [4.78, 5) is 14.5. The van der Waals surface area contributed by atoms with Crippen LogP contribution in [0.25, 0.3) is 0 Å². The quantitative estimate of drug-likeness (QED) is 0.724. The summed E-state index contributed by atoms with van der Waals surface area (Å²) in [7, 11) is 1.67. The van der Waals surface area contributed by atoms with E-state index in [0.717, 1.165) is 30.2 Å². The molecule has 1 amide bonds. The minimum Gasteiger partial charge on any atom is -0.454 e. The summed E-state index contributed by atoms with van der Waals surface area (Å²) in [5.74, 6) is 2.56. The second kappa shape index (κ2) is 7.79. The van der Waals surface area contributed by atoms with Crippen LogP contribution in [0.3, 0.4) is 0 Å². The molecule has 0 aliphatic carbocycles. The maximum absolute atomic E-state index is 12.5. The molecule has 1 saturated heterocycles. The van der Waals surface area contributed by atoms with E-state index in [-0.39, 0.29) is 18.1 Å². The number of carbonyl (C=O) groups is 1. The molecule has 0 bridgehead atoms. The van der Waals surface area contributed by atoms with Crippen LogP contribution >= 0.6 is 0 Å². The van der Waals surface area contributed by atoms with Gasteiger partial charge in [0, 0.05) is 26.6 Å². The number of fused-ring (bicyclic) bond motifs is 1. The van der Waals surface area contributed by atoms with Crippen molar-refractivity contribution in [1.82, 2.24) is 19.7 Å². The lowest BCUT2D eigenvalue weighted by atomic mass is 9.76. The lowest BCUT2D eigenvalue weighted by molar-refractivity contribution is -0.138. The van der Waals surface area contributed by atoms with E-state index in [0.29, 0.717) is 32.7 Å². The van der Waals surface area contributed by atoms with Gasteiger partial charge in [0.1, 0.15) is 6.33 Å². The molecular formula is C20H26N4O4. The van der Waals surface area contributed by atoms with E-state index in [4.69, 9.17) is 14.2 Å². The molecular weight excluding hydrogens is 360 g/mol. The number of nitrogens with zero attached hydrogens (tertiary/aromatic N) is 4. The van der Waals surface area contributed by atoms with Gasteiger partial charge in [0.2, 0.25) is 12.7 Å². The highest BCUT2D eigenvalue weighted by Gasteiger charge is 2.36. The summed E-state index contributed by atoms with van der Waals surface area (Å²) in [6.45, 7) is 4.95. The second-order valence-corrected chi connectivity index (χ2v) is 7.86. The summed E-state index contributed by atoms with van der Waals surface area (Å²) in [5.41, 5.74) is 1.20. The summed E-state index contributed by atoms with van der Waals surface area (Å²) in [5, 5.41) is 8.20. The van der Waals surface area contributed by atoms with Crippen LogP contribution in [0.2, 0.25) is 0 Å². The highest BCUT2D eigenvalue weighted by Crippen LogP contribution is 2.38. The van der Waals surface area contributed by atoms with E-state index in [9.17, 15) is 4.79 Å². The lowest BCUT2D eigenvalue weighted by Gasteiger charge is -2.40. The minimum absolute atomic E-state index is 0.00100. The molecule has 4 rings (SSSR count). The van der Waals surface area contributed by atoms with E-state index in [1.54, 1.807) is 13.4 Å². The predicted molar refractivity (Wildman–Crippen MR) is 101 cm³/mol. The van der Waals surface area contributed by atoms with Gasteiger partial charge in [0.05, 0.1) is 13.2 Å². The first-order valence-corrected chi connectivity index (χ1v) is 9.58. The van der Waals surface area contributed by atoms with Gasteiger partial charge in [-0.25, -0.2) is 0 Å². The molecule has 28 heavy (non-hydrogen) atoms. The third kappa shape index (κ3) is 3.96. The first-order chi connectivity index (χ1) is 13.6. The molecule has 1 aromatic heterocycles. The Morgan fingerprint density at radius 3 is 3.00 bits per heavy atom. The van der Waals surface area contributed by atoms with Crippen molar-refractivity contribution >= 4 is 5.91 Å². The van der Waals surface area contributed by atoms with Crippen molar-refractivity contribution in [3.05, 3.63) is 35.9 Å². The molecule has 8 heteroatoms. The second-order valence-electron chi connectivity index (χ2n) is 7.86. The van der Waals surface area contributed by atoms with Gasteiger partial charge in [-0.3, -0.25) is 4.79 Å². The van der Waals surface area contributed by atoms with E-state index >= 15 is 0 Å². The fraction of sp³-hybridized carbons (Fsp3) is 0.550. The summed E-state index contributed by atoms with van der Waals surface area (Å²) >= 11 is 0. The first kappa shape index (κ1) is 18.7. The third-order valence-corrected chi connectivity index (χ3v) is 5.50. The maximum Gasteiger partial charge on any atom is 0.231 e. The smallest absolute Gasteiger partial charge is 0.231 e. The Morgan fingerprint density at radius 2 is 2.14 bits per heavy atom. The Labute approximate surface area is 164 Å². The molecule has 1 unspecified atom stereocenters. The number of ether oxygens (including phenoxy) is 3. The van der Waals surface area contributed by atoms with Crippen LogP contribution in [-0.4, -0.2) is 52.6 Å². The van der Waals surface area contributed by atoms with Gasteiger partial charge in [-0.2, -0.15) is 0 Å². The number of aromatic nitrogens is 3. The summed E-state index contributed by atoms with van der Waals surface area (Å²) in [6.07, 6.45) is 3.98. The molecule has 1 aromatic carbocycles. The lowest BCUT2D eigenvalue weighted by Crippen LogP contribution is -2.46. The average molecular weight is 386 g/mol. The maximum atomic E-state index is 12.5. The Balaban J connectivity index is 1.45. The molecule has 1 fully saturated rings. The number of rotatable bonds is 7. The first-order valence-electron chi connectivity index (χ1n) is 9.58. The fourth-order valence-electron chi connectivity index (χ4n) is 3.98. The monoisotopic (exact) mass is 386 g/mol. The number of amides is 1. The largest absolute Gasteiger partial charge is 0.454 e. The fourth-order valence-corrected chi connectivity index (χ4v) is 3.98. The highest BCUT2D eigenvalue weighted by atomic mass is 16.7. The van der Waals surface area contributed by atoms with E-state index < -0.39 is 0 Å². The number of methoxy groups -OCH3 is 1. The molecule has 0 N–H and O–H groups in total. The van der Waals surface area contributed by atoms with Gasteiger partial charge in [-0.05, 0) is 36.0 Å². The summed E-state index contributed by atoms with van der Waals surface area (Å²) < 4.78 is 18.0. The van der Waals surface area contributed by atoms with Gasteiger partial charge in [0.15, 0.2) is 17.3 Å². The van der Waals surface area contributed by atoms with Crippen molar-refractivity contribution in [3.63, 3.8) is 0 Å². The predicted octanol–water partition coefficient (Wildman–Crippen LogP) is 2.02. The molecule has 0 saturated carbocycles. The molecule has 8 nitrogen and oxygen atoms in total. The van der Waals surface area contributed by atoms with Gasteiger partial charge >= 0.3 is 0 Å². The molecule has 0 spiro atoms. The van der Waals surface area contributed by atoms with E-state index in [2.05, 4.69) is 29.3 Å². The van der Waals surface area contributed by atoms with Gasteiger partial charge in [-0.15, -0.1) is 10.2 Å². The molecule has 2 aromatic rings. The van der Waals surface area contributed by atoms with Crippen LogP contribution < -0.4 is 9.47 Å². The highest BCUT2D eigenvalue weighted by molar-refractivity contribution is 5.77. The molecule has 2 aliphatic heterocycles. The number of piperidine rings is 1. The van der Waals surface area contributed by atoms with Crippen molar-refractivity contribution in [2.24, 2.45) is 5.41 Å². The molecule has 2 aliphatic rings. The zero-order valence-corrected chi connectivity index (χ0v) is 16.4. The SMILES string of the molecule is COCCn1cnnc1CN1CC(C)(Cc2ccc3c(c2)OCO3)CCC1=O. The van der Waals surface area contributed by atoms with Crippen LogP contribution in [-0.2, 0) is 29.0 Å². The third-order valence-electron chi connectivity index (χ3n) is 5.50. The molecule has 1 atom stereocenters. The van der Waals surface area contributed by atoms with E-state index in [1.165, 1.54) is 5.56 Å². The minimum atomic E-state index is -0.00100. The number of benzene rings is 1. The van der Waals surface area contributed by atoms with Crippen molar-refractivity contribution in [2.45, 2.75) is 39.3 Å². The van der Waals surface area contributed by atoms with Crippen LogP contribution in [0, 0.1) is 5.41 Å². The Bertz CT molecular complexity index is 852. The number of likely N-dealkylation sites (tertiary alicyclic amines) is 1. The van der Waals surface area contributed by atoms with Crippen molar-refractivity contribution in [2.75, 3.05) is 27.1 Å². The Kier molecular flexibility index (Phi) is 5.21. The standard InChI is InChI=1S/C20H26N4O4/c1-20(10-15-3-4-16-17(9-15)28-14-27-16)6-5-19(25)24(12-20)11-18-22-21-13-23(18)7-8-26-2/h3-4,9,13H,5-8,10-12,14H2,1-2H3. The van der Waals surface area contributed by atoms with Gasteiger partial charge in [-0.1, -0.05) is 13.0 Å². The molecule has 3 heterocycles. The number of carbonyl (C=O) groups excluding carboxylic acids is 1. The average Bonchev–Trinajstić information content (AvgIpc) is 3.32. The Morgan fingerprint density at radius 1 is 1.29 bits per heavy atom. The van der Waals surface area contributed by atoms with Gasteiger partial charge < -0.3 is 23.7 Å². The number of hydrogen-bond donors (Lipinski definition) is 0. The van der Waals surface area contributed by atoms with Crippen LogP contribution in [0.1, 0.15) is 31.2 Å². The van der Waals surface area contributed by atoms with Crippen LogP contribution in [0.5, 0.6) is 11.5 Å². The zero-order chi connectivity index (χ0) is 19.6. The normalized spacial score (nSPS) is 21.4. The number of hydrogen-bond acceptors (Lipinski definition) is 6. The van der Waals surface area contributed by atoms with Gasteiger partial charge in [0.25, 0.3) is 0 Å². The molecule has 150 valence electrons. The van der Waals surface area contributed by atoms with Crippen LogP contribution in [0.4, 0.5) is 0 Å². The van der Waals surface area contributed by atoms with Crippen LogP contribution in [0.15, 0.2) is 24.5 Å². The topological polar surface area (TPSA) is 78.7 Å². The summed E-state index contributed by atoms with van der Waals surface area (Å²) in [6, 6.07) is 6.10. The van der Waals surface area contributed by atoms with Crippen molar-refractivity contribution < 1.29 is 19.0 Å². The van der Waals surface area contributed by atoms with Crippen molar-refractivity contribution in [3.8, 4) is 11.5 Å².